The lowest BCUT2D eigenvalue weighted by atomic mass is 10.0. The molecule has 21 heavy (non-hydrogen) atoms. The number of nitrogens with zero attached hydrogens (tertiary/aromatic N) is 1. The lowest BCUT2D eigenvalue weighted by molar-refractivity contribution is 0.178. The number of hydrogen-bond donors (Lipinski definition) is 1. The fraction of sp³-hybridized carbons (Fsp3) is 0.267. The van der Waals surface area contributed by atoms with Gasteiger partial charge in [-0.3, -0.25) is 4.98 Å². The molecular weight excluding hydrogens is 313 g/mol. The van der Waals surface area contributed by atoms with Crippen molar-refractivity contribution in [1.29, 1.82) is 0 Å². The van der Waals surface area contributed by atoms with E-state index in [1.807, 2.05) is 0 Å². The molecule has 0 aliphatic carbocycles. The smallest absolute Gasteiger partial charge is 0.179 e. The summed E-state index contributed by atoms with van der Waals surface area (Å²) in [5, 5.41) is 11.2. The van der Waals surface area contributed by atoms with Gasteiger partial charge in [-0.1, -0.05) is 29.3 Å². The topological polar surface area (TPSA) is 51.6 Å². The van der Waals surface area contributed by atoms with Crippen LogP contribution in [-0.4, -0.2) is 24.3 Å². The largest absolute Gasteiger partial charge is 0.493 e. The number of rotatable bonds is 5. The minimum Gasteiger partial charge on any atom is -0.493 e. The van der Waals surface area contributed by atoms with Crippen LogP contribution in [0.25, 0.3) is 0 Å². The van der Waals surface area contributed by atoms with Gasteiger partial charge in [-0.25, -0.2) is 0 Å². The highest BCUT2D eigenvalue weighted by atomic mass is 35.5. The molecular formula is C15H15Cl2NO3. The zero-order valence-electron chi connectivity index (χ0n) is 11.6. The first kappa shape index (κ1) is 15.9. The highest BCUT2D eigenvalue weighted by molar-refractivity contribution is 6.33. The molecule has 0 aliphatic heterocycles. The maximum atomic E-state index is 10.4. The van der Waals surface area contributed by atoms with E-state index < -0.39 is 6.10 Å². The van der Waals surface area contributed by atoms with Gasteiger partial charge in [-0.2, -0.15) is 0 Å². The van der Waals surface area contributed by atoms with Gasteiger partial charge in [0, 0.05) is 24.4 Å². The SMILES string of the molecule is COc1ccc(C(O)Cc2ccncc2Cl)c(Cl)c1OC. The first-order valence-corrected chi connectivity index (χ1v) is 7.01. The number of aliphatic hydroxyl groups is 1. The molecule has 0 saturated heterocycles. The molecule has 1 aromatic heterocycles. The lowest BCUT2D eigenvalue weighted by Crippen LogP contribution is -2.05. The average Bonchev–Trinajstić information content (AvgIpc) is 2.49. The summed E-state index contributed by atoms with van der Waals surface area (Å²) in [5.41, 5.74) is 1.35. The van der Waals surface area contributed by atoms with Gasteiger partial charge in [-0.15, -0.1) is 0 Å². The van der Waals surface area contributed by atoms with Gasteiger partial charge in [0.15, 0.2) is 11.5 Å². The summed E-state index contributed by atoms with van der Waals surface area (Å²) in [7, 11) is 3.03. The molecule has 112 valence electrons. The molecule has 1 unspecified atom stereocenters. The van der Waals surface area contributed by atoms with E-state index in [1.54, 1.807) is 30.6 Å². The van der Waals surface area contributed by atoms with Crippen LogP contribution < -0.4 is 9.47 Å². The number of methoxy groups -OCH3 is 2. The standard InChI is InChI=1S/C15H15Cl2NO3/c1-20-13-4-3-10(14(17)15(13)21-2)12(19)7-9-5-6-18-8-11(9)16/h3-6,8,12,19H,7H2,1-2H3. The Kier molecular flexibility index (Phi) is 5.28. The van der Waals surface area contributed by atoms with Crippen LogP contribution in [0.4, 0.5) is 0 Å². The Morgan fingerprint density at radius 1 is 1.19 bits per heavy atom. The second kappa shape index (κ2) is 6.98. The number of halogens is 2. The van der Waals surface area contributed by atoms with E-state index in [0.29, 0.717) is 33.5 Å². The van der Waals surface area contributed by atoms with Crippen molar-refractivity contribution in [3.8, 4) is 11.5 Å². The van der Waals surface area contributed by atoms with Crippen molar-refractivity contribution >= 4 is 23.2 Å². The number of ether oxygens (including phenoxy) is 2. The van der Waals surface area contributed by atoms with Gasteiger partial charge in [0.25, 0.3) is 0 Å². The third kappa shape index (κ3) is 3.40. The zero-order chi connectivity index (χ0) is 15.4. The molecule has 1 heterocycles. The molecule has 0 aliphatic rings. The molecule has 0 bridgehead atoms. The molecule has 0 fully saturated rings. The molecule has 1 atom stereocenters. The summed E-state index contributed by atoms with van der Waals surface area (Å²) >= 11 is 12.3. The Bertz CT molecular complexity index is 634. The van der Waals surface area contributed by atoms with Gasteiger partial charge in [-0.05, 0) is 17.7 Å². The molecule has 2 aromatic rings. The van der Waals surface area contributed by atoms with Gasteiger partial charge < -0.3 is 14.6 Å². The van der Waals surface area contributed by atoms with E-state index in [2.05, 4.69) is 4.98 Å². The molecule has 1 N–H and O–H groups in total. The van der Waals surface area contributed by atoms with Crippen LogP contribution in [0.15, 0.2) is 30.6 Å². The second-order valence-electron chi connectivity index (χ2n) is 4.39. The third-order valence-electron chi connectivity index (χ3n) is 3.14. The van der Waals surface area contributed by atoms with Crippen LogP contribution in [0.3, 0.4) is 0 Å². The fourth-order valence-electron chi connectivity index (χ4n) is 2.05. The summed E-state index contributed by atoms with van der Waals surface area (Å²) in [6.45, 7) is 0. The quantitative estimate of drug-likeness (QED) is 0.910. The number of benzene rings is 1. The Hall–Kier alpha value is -1.49. The summed E-state index contributed by atoms with van der Waals surface area (Å²) in [6, 6.07) is 5.18. The van der Waals surface area contributed by atoms with Crippen LogP contribution in [0.5, 0.6) is 11.5 Å². The predicted molar refractivity (Wildman–Crippen MR) is 82.5 cm³/mol. The molecule has 0 spiro atoms. The highest BCUT2D eigenvalue weighted by Gasteiger charge is 2.19. The maximum absolute atomic E-state index is 10.4. The molecule has 0 amide bonds. The van der Waals surface area contributed by atoms with Crippen LogP contribution >= 0.6 is 23.2 Å². The Balaban J connectivity index is 2.32. The molecule has 0 saturated carbocycles. The van der Waals surface area contributed by atoms with Crippen molar-refractivity contribution in [2.75, 3.05) is 14.2 Å². The number of aliphatic hydroxyl groups excluding tert-OH is 1. The Labute approximate surface area is 133 Å². The van der Waals surface area contributed by atoms with Crippen LogP contribution in [0, 0.1) is 0 Å². The maximum Gasteiger partial charge on any atom is 0.179 e. The second-order valence-corrected chi connectivity index (χ2v) is 5.18. The molecule has 4 nitrogen and oxygen atoms in total. The average molecular weight is 328 g/mol. The normalized spacial score (nSPS) is 12.0. The number of aromatic nitrogens is 1. The van der Waals surface area contributed by atoms with Gasteiger partial charge in [0.05, 0.1) is 30.4 Å². The van der Waals surface area contributed by atoms with Crippen LogP contribution in [0.1, 0.15) is 17.2 Å². The summed E-state index contributed by atoms with van der Waals surface area (Å²) < 4.78 is 10.4. The van der Waals surface area contributed by atoms with Crippen molar-refractivity contribution < 1.29 is 14.6 Å². The summed E-state index contributed by atoms with van der Waals surface area (Å²) in [4.78, 5) is 3.92. The number of hydrogen-bond acceptors (Lipinski definition) is 4. The van der Waals surface area contributed by atoms with Crippen molar-refractivity contribution in [2.24, 2.45) is 0 Å². The minimum absolute atomic E-state index is 0.328. The van der Waals surface area contributed by atoms with Crippen molar-refractivity contribution in [2.45, 2.75) is 12.5 Å². The van der Waals surface area contributed by atoms with Gasteiger partial charge in [0.1, 0.15) is 0 Å². The Morgan fingerprint density at radius 3 is 2.57 bits per heavy atom. The molecule has 0 radical (unpaired) electrons. The fourth-order valence-corrected chi connectivity index (χ4v) is 2.61. The third-order valence-corrected chi connectivity index (χ3v) is 3.87. The molecule has 2 rings (SSSR count). The number of pyridine rings is 1. The summed E-state index contributed by atoms with van der Waals surface area (Å²) in [5.74, 6) is 0.914. The summed E-state index contributed by atoms with van der Waals surface area (Å²) in [6.07, 6.45) is 2.69. The van der Waals surface area contributed by atoms with Crippen LogP contribution in [0.2, 0.25) is 10.0 Å². The molecule has 1 aromatic carbocycles. The highest BCUT2D eigenvalue weighted by Crippen LogP contribution is 2.40. The minimum atomic E-state index is -0.808. The van der Waals surface area contributed by atoms with E-state index >= 15 is 0 Å². The van der Waals surface area contributed by atoms with E-state index in [4.69, 9.17) is 32.7 Å². The lowest BCUT2D eigenvalue weighted by Gasteiger charge is -2.17. The van der Waals surface area contributed by atoms with Gasteiger partial charge in [0.2, 0.25) is 0 Å². The van der Waals surface area contributed by atoms with E-state index in [1.165, 1.54) is 14.2 Å². The predicted octanol–water partition coefficient (Wildman–Crippen LogP) is 3.68. The van der Waals surface area contributed by atoms with Gasteiger partial charge >= 0.3 is 0 Å². The monoisotopic (exact) mass is 327 g/mol. The van der Waals surface area contributed by atoms with Crippen molar-refractivity contribution in [3.05, 3.63) is 51.8 Å². The van der Waals surface area contributed by atoms with Crippen molar-refractivity contribution in [1.82, 2.24) is 4.98 Å². The first-order chi connectivity index (χ1) is 10.1. The Morgan fingerprint density at radius 2 is 1.95 bits per heavy atom. The van der Waals surface area contributed by atoms with Crippen molar-refractivity contribution in [3.63, 3.8) is 0 Å². The molecule has 6 heteroatoms. The van der Waals surface area contributed by atoms with Crippen LogP contribution in [-0.2, 0) is 6.42 Å². The van der Waals surface area contributed by atoms with E-state index in [9.17, 15) is 5.11 Å². The first-order valence-electron chi connectivity index (χ1n) is 6.25. The zero-order valence-corrected chi connectivity index (χ0v) is 13.1. The van der Waals surface area contributed by atoms with E-state index in [0.717, 1.165) is 5.56 Å². The van der Waals surface area contributed by atoms with E-state index in [-0.39, 0.29) is 0 Å².